The monoisotopic (exact) mass is 282 g/mol. The average molecular weight is 282 g/mol. The predicted octanol–water partition coefficient (Wildman–Crippen LogP) is 2.13. The van der Waals surface area contributed by atoms with Crippen LogP contribution in [0, 0.1) is 5.92 Å². The van der Waals surface area contributed by atoms with Crippen molar-refractivity contribution < 1.29 is 9.53 Å². The fourth-order valence-electron chi connectivity index (χ4n) is 3.31. The van der Waals surface area contributed by atoms with Gasteiger partial charge in [-0.2, -0.15) is 0 Å². The number of nitrogens with zero attached hydrogens (tertiary/aromatic N) is 2. The molecular formula is C16H30N2O2. The molecule has 20 heavy (non-hydrogen) atoms. The van der Waals surface area contributed by atoms with Crippen molar-refractivity contribution in [2.75, 3.05) is 26.7 Å². The van der Waals surface area contributed by atoms with Crippen LogP contribution in [-0.4, -0.2) is 60.6 Å². The number of carbonyl (C=O) groups is 1. The molecule has 4 nitrogen and oxygen atoms in total. The molecule has 0 bridgehead atoms. The molecule has 2 atom stereocenters. The van der Waals surface area contributed by atoms with Crippen LogP contribution >= 0.6 is 0 Å². The average Bonchev–Trinajstić information content (AvgIpc) is 2.43. The van der Waals surface area contributed by atoms with E-state index in [1.165, 1.54) is 25.7 Å². The fraction of sp³-hybridized carbons (Fsp3) is 0.938. The lowest BCUT2D eigenvalue weighted by molar-refractivity contribution is -0.137. The van der Waals surface area contributed by atoms with Crippen LogP contribution in [0.2, 0.25) is 0 Å². The Morgan fingerprint density at radius 2 is 1.85 bits per heavy atom. The van der Waals surface area contributed by atoms with Gasteiger partial charge in [-0.25, -0.2) is 0 Å². The second-order valence-corrected chi connectivity index (χ2v) is 6.84. The van der Waals surface area contributed by atoms with Crippen molar-refractivity contribution in [3.8, 4) is 0 Å². The van der Waals surface area contributed by atoms with Gasteiger partial charge < -0.3 is 9.64 Å². The molecule has 4 heteroatoms. The molecule has 1 heterocycles. The van der Waals surface area contributed by atoms with Crippen molar-refractivity contribution in [2.45, 2.75) is 64.6 Å². The SMILES string of the molecule is CC1CCC(N(C)C(=O)CN2CC(C)OCC2C)CC1. The van der Waals surface area contributed by atoms with Crippen molar-refractivity contribution >= 4 is 5.91 Å². The van der Waals surface area contributed by atoms with E-state index in [2.05, 4.69) is 25.7 Å². The summed E-state index contributed by atoms with van der Waals surface area (Å²) in [7, 11) is 1.98. The van der Waals surface area contributed by atoms with Gasteiger partial charge in [0, 0.05) is 25.7 Å². The number of hydrogen-bond donors (Lipinski definition) is 0. The molecule has 1 amide bonds. The maximum absolute atomic E-state index is 12.5. The van der Waals surface area contributed by atoms with Gasteiger partial charge in [0.15, 0.2) is 0 Å². The largest absolute Gasteiger partial charge is 0.376 e. The first-order chi connectivity index (χ1) is 9.47. The van der Waals surface area contributed by atoms with Crippen molar-refractivity contribution in [3.63, 3.8) is 0 Å². The van der Waals surface area contributed by atoms with Crippen molar-refractivity contribution in [1.29, 1.82) is 0 Å². The van der Waals surface area contributed by atoms with Crippen LogP contribution in [0.4, 0.5) is 0 Å². The van der Waals surface area contributed by atoms with E-state index in [1.54, 1.807) is 0 Å². The van der Waals surface area contributed by atoms with Gasteiger partial charge in [-0.1, -0.05) is 6.92 Å². The third-order valence-electron chi connectivity index (χ3n) is 5.00. The number of rotatable bonds is 3. The van der Waals surface area contributed by atoms with Gasteiger partial charge in [0.2, 0.25) is 5.91 Å². The first kappa shape index (κ1) is 15.8. The topological polar surface area (TPSA) is 32.8 Å². The number of likely N-dealkylation sites (N-methyl/N-ethyl adjacent to an activating group) is 1. The molecule has 1 saturated heterocycles. The van der Waals surface area contributed by atoms with Crippen molar-refractivity contribution in [2.24, 2.45) is 5.92 Å². The first-order valence-corrected chi connectivity index (χ1v) is 8.08. The van der Waals surface area contributed by atoms with E-state index in [1.807, 2.05) is 11.9 Å². The Balaban J connectivity index is 1.84. The summed E-state index contributed by atoms with van der Waals surface area (Å²) in [5, 5.41) is 0. The molecule has 1 aliphatic carbocycles. The maximum atomic E-state index is 12.5. The molecule has 2 fully saturated rings. The molecule has 0 aromatic carbocycles. The first-order valence-electron chi connectivity index (χ1n) is 8.08. The third-order valence-corrected chi connectivity index (χ3v) is 5.00. The number of hydrogen-bond acceptors (Lipinski definition) is 3. The summed E-state index contributed by atoms with van der Waals surface area (Å²) in [4.78, 5) is 16.7. The highest BCUT2D eigenvalue weighted by Gasteiger charge is 2.29. The van der Waals surface area contributed by atoms with E-state index >= 15 is 0 Å². The van der Waals surface area contributed by atoms with Gasteiger partial charge in [-0.3, -0.25) is 9.69 Å². The Morgan fingerprint density at radius 3 is 2.50 bits per heavy atom. The molecule has 0 N–H and O–H groups in total. The zero-order valence-electron chi connectivity index (χ0n) is 13.5. The summed E-state index contributed by atoms with van der Waals surface area (Å²) in [6.45, 7) is 8.67. The Hall–Kier alpha value is -0.610. The molecule has 2 rings (SSSR count). The Bertz CT molecular complexity index is 326. The van der Waals surface area contributed by atoms with Crippen LogP contribution in [0.1, 0.15) is 46.5 Å². The summed E-state index contributed by atoms with van der Waals surface area (Å²) in [5.74, 6) is 1.10. The van der Waals surface area contributed by atoms with Gasteiger partial charge in [-0.15, -0.1) is 0 Å². The smallest absolute Gasteiger partial charge is 0.236 e. The maximum Gasteiger partial charge on any atom is 0.236 e. The summed E-state index contributed by atoms with van der Waals surface area (Å²) in [6.07, 6.45) is 5.08. The minimum atomic E-state index is 0.236. The predicted molar refractivity (Wildman–Crippen MR) is 80.6 cm³/mol. The van der Waals surface area contributed by atoms with E-state index in [-0.39, 0.29) is 12.0 Å². The van der Waals surface area contributed by atoms with Crippen LogP contribution in [0.3, 0.4) is 0 Å². The summed E-state index contributed by atoms with van der Waals surface area (Å²) < 4.78 is 5.62. The number of amides is 1. The summed E-state index contributed by atoms with van der Waals surface area (Å²) >= 11 is 0. The van der Waals surface area contributed by atoms with Crippen LogP contribution in [0.25, 0.3) is 0 Å². The van der Waals surface area contributed by atoms with E-state index < -0.39 is 0 Å². The molecule has 2 unspecified atom stereocenters. The number of ether oxygens (including phenoxy) is 1. The quantitative estimate of drug-likeness (QED) is 0.795. The zero-order chi connectivity index (χ0) is 14.7. The molecule has 2 aliphatic rings. The molecule has 1 saturated carbocycles. The van der Waals surface area contributed by atoms with Gasteiger partial charge >= 0.3 is 0 Å². The molecule has 0 aromatic rings. The molecule has 0 spiro atoms. The lowest BCUT2D eigenvalue weighted by Gasteiger charge is -2.39. The van der Waals surface area contributed by atoms with E-state index in [4.69, 9.17) is 4.74 Å². The summed E-state index contributed by atoms with van der Waals surface area (Å²) in [5.41, 5.74) is 0. The summed E-state index contributed by atoms with van der Waals surface area (Å²) in [6, 6.07) is 0.794. The standard InChI is InChI=1S/C16H30N2O2/c1-12-5-7-15(8-6-12)17(4)16(19)10-18-9-14(3)20-11-13(18)2/h12-15H,5-11H2,1-4H3. The molecule has 0 radical (unpaired) electrons. The van der Waals surface area contributed by atoms with Crippen LogP contribution in [0.15, 0.2) is 0 Å². The van der Waals surface area contributed by atoms with Crippen LogP contribution in [0.5, 0.6) is 0 Å². The van der Waals surface area contributed by atoms with E-state index in [0.29, 0.717) is 18.6 Å². The minimum Gasteiger partial charge on any atom is -0.376 e. The van der Waals surface area contributed by atoms with Crippen LogP contribution in [-0.2, 0) is 9.53 Å². The van der Waals surface area contributed by atoms with Crippen molar-refractivity contribution in [1.82, 2.24) is 9.80 Å². The van der Waals surface area contributed by atoms with E-state index in [0.717, 1.165) is 19.1 Å². The fourth-order valence-corrected chi connectivity index (χ4v) is 3.31. The normalized spacial score (nSPS) is 35.8. The Kier molecular flexibility index (Phi) is 5.44. The second-order valence-electron chi connectivity index (χ2n) is 6.84. The van der Waals surface area contributed by atoms with Gasteiger partial charge in [0.25, 0.3) is 0 Å². The lowest BCUT2D eigenvalue weighted by Crippen LogP contribution is -2.52. The highest BCUT2D eigenvalue weighted by atomic mass is 16.5. The zero-order valence-corrected chi connectivity index (χ0v) is 13.5. The number of morpholine rings is 1. The Labute approximate surface area is 123 Å². The Morgan fingerprint density at radius 1 is 1.20 bits per heavy atom. The van der Waals surface area contributed by atoms with E-state index in [9.17, 15) is 4.79 Å². The molecule has 0 aromatic heterocycles. The molecular weight excluding hydrogens is 252 g/mol. The van der Waals surface area contributed by atoms with Gasteiger partial charge in [0.05, 0.1) is 19.3 Å². The van der Waals surface area contributed by atoms with Gasteiger partial charge in [-0.05, 0) is 45.4 Å². The molecule has 116 valence electrons. The minimum absolute atomic E-state index is 0.236. The van der Waals surface area contributed by atoms with Gasteiger partial charge in [0.1, 0.15) is 0 Å². The second kappa shape index (κ2) is 6.90. The highest BCUT2D eigenvalue weighted by molar-refractivity contribution is 5.78. The van der Waals surface area contributed by atoms with Crippen molar-refractivity contribution in [3.05, 3.63) is 0 Å². The lowest BCUT2D eigenvalue weighted by atomic mass is 9.87. The highest BCUT2D eigenvalue weighted by Crippen LogP contribution is 2.26. The van der Waals surface area contributed by atoms with Crippen LogP contribution < -0.4 is 0 Å². The third kappa shape index (κ3) is 3.95. The molecule has 1 aliphatic heterocycles. The number of carbonyl (C=O) groups excluding carboxylic acids is 1.